The van der Waals surface area contributed by atoms with Crippen molar-refractivity contribution in [2.75, 3.05) is 13.2 Å². The van der Waals surface area contributed by atoms with Crippen molar-refractivity contribution in [2.24, 2.45) is 0 Å². The molecule has 2 aliphatic rings. The first-order chi connectivity index (χ1) is 11.9. The number of carbonyl (C=O) groups is 6. The van der Waals surface area contributed by atoms with Crippen molar-refractivity contribution in [3.05, 3.63) is 0 Å². The van der Waals surface area contributed by atoms with Crippen LogP contribution in [0.25, 0.3) is 0 Å². The van der Waals surface area contributed by atoms with Crippen molar-refractivity contribution >= 4 is 35.3 Å². The van der Waals surface area contributed by atoms with Crippen LogP contribution in [0.15, 0.2) is 0 Å². The van der Waals surface area contributed by atoms with Gasteiger partial charge in [0, 0.05) is 25.7 Å². The van der Waals surface area contributed by atoms with E-state index in [-0.39, 0.29) is 51.7 Å². The molecule has 1 aliphatic heterocycles. The summed E-state index contributed by atoms with van der Waals surface area (Å²) in [5, 5.41) is 0.440. The Balaban J connectivity index is 1.57. The molecule has 1 heterocycles. The summed E-state index contributed by atoms with van der Waals surface area (Å²) in [6.07, 6.45) is -1.53. The van der Waals surface area contributed by atoms with Crippen LogP contribution in [0.1, 0.15) is 38.5 Å². The van der Waals surface area contributed by atoms with Gasteiger partial charge in [0.1, 0.15) is 0 Å². The molecule has 0 unspecified atom stereocenters. The maximum absolute atomic E-state index is 11.5. The highest BCUT2D eigenvalue weighted by atomic mass is 16.7. The van der Waals surface area contributed by atoms with Gasteiger partial charge in [-0.15, -0.1) is 5.06 Å². The normalized spacial score (nSPS) is 18.2. The van der Waals surface area contributed by atoms with Crippen molar-refractivity contribution < 1.29 is 43.1 Å². The van der Waals surface area contributed by atoms with Gasteiger partial charge >= 0.3 is 11.9 Å². The number of rotatable bonds is 8. The molecule has 25 heavy (non-hydrogen) atoms. The van der Waals surface area contributed by atoms with Gasteiger partial charge in [-0.1, -0.05) is 0 Å². The Hall–Kier alpha value is -2.62. The lowest BCUT2D eigenvalue weighted by Gasteiger charge is -2.12. The maximum atomic E-state index is 11.5. The van der Waals surface area contributed by atoms with E-state index in [0.717, 1.165) is 0 Å². The van der Waals surface area contributed by atoms with Gasteiger partial charge in [0.15, 0.2) is 11.6 Å². The third kappa shape index (κ3) is 5.18. The molecule has 2 fully saturated rings. The van der Waals surface area contributed by atoms with Crippen LogP contribution in [-0.4, -0.2) is 59.7 Å². The number of hydroxylamine groups is 2. The molecule has 1 aliphatic carbocycles. The largest absolute Gasteiger partial charge is 0.446 e. The highest BCUT2D eigenvalue weighted by Gasteiger charge is 2.36. The van der Waals surface area contributed by atoms with Gasteiger partial charge in [0.2, 0.25) is 6.10 Å². The number of imide groups is 1. The lowest BCUT2D eigenvalue weighted by Crippen LogP contribution is -2.32. The highest BCUT2D eigenvalue weighted by molar-refractivity contribution is 6.12. The minimum atomic E-state index is -1.31. The monoisotopic (exact) mass is 355 g/mol. The fourth-order valence-corrected chi connectivity index (χ4v) is 2.23. The minimum absolute atomic E-state index is 0.0106. The Labute approximate surface area is 142 Å². The summed E-state index contributed by atoms with van der Waals surface area (Å²) in [6, 6.07) is 0. The third-order valence-corrected chi connectivity index (χ3v) is 3.55. The lowest BCUT2D eigenvalue weighted by molar-refractivity contribution is -0.198. The van der Waals surface area contributed by atoms with Crippen LogP contribution >= 0.6 is 0 Å². The van der Waals surface area contributed by atoms with E-state index < -0.39 is 41.4 Å². The van der Waals surface area contributed by atoms with Crippen LogP contribution < -0.4 is 0 Å². The van der Waals surface area contributed by atoms with E-state index >= 15 is 0 Å². The highest BCUT2D eigenvalue weighted by Crippen LogP contribution is 2.15. The fraction of sp³-hybridized carbons (Fsp3) is 0.600. The zero-order chi connectivity index (χ0) is 18.4. The average Bonchev–Trinajstić information content (AvgIpc) is 3.04. The number of ether oxygens (including phenoxy) is 2. The molecule has 2 rings (SSSR count). The summed E-state index contributed by atoms with van der Waals surface area (Å²) < 4.78 is 9.84. The summed E-state index contributed by atoms with van der Waals surface area (Å²) in [4.78, 5) is 72.8. The smallest absolute Gasteiger partial charge is 0.335 e. The van der Waals surface area contributed by atoms with E-state index in [0.29, 0.717) is 5.06 Å². The first kappa shape index (κ1) is 18.7. The maximum Gasteiger partial charge on any atom is 0.335 e. The summed E-state index contributed by atoms with van der Waals surface area (Å²) in [6.45, 7) is -0.174. The molecule has 10 nitrogen and oxygen atoms in total. The van der Waals surface area contributed by atoms with Crippen molar-refractivity contribution in [3.63, 3.8) is 0 Å². The number of Topliss-reactive ketones (excluding diaryl/α,β-unsaturated/α-hetero) is 2. The summed E-state index contributed by atoms with van der Waals surface area (Å²) in [5.41, 5.74) is 0. The zero-order valence-corrected chi connectivity index (χ0v) is 13.4. The fourth-order valence-electron chi connectivity index (χ4n) is 2.23. The minimum Gasteiger partial charge on any atom is -0.446 e. The number of nitrogens with zero attached hydrogens (tertiary/aromatic N) is 1. The average molecular weight is 355 g/mol. The third-order valence-electron chi connectivity index (χ3n) is 3.55. The Morgan fingerprint density at radius 3 is 1.92 bits per heavy atom. The number of esters is 1. The van der Waals surface area contributed by atoms with Crippen LogP contribution in [0.4, 0.5) is 0 Å². The first-order valence-corrected chi connectivity index (χ1v) is 7.77. The number of ketones is 2. The molecule has 136 valence electrons. The number of hydrogen-bond acceptors (Lipinski definition) is 9. The van der Waals surface area contributed by atoms with Gasteiger partial charge in [-0.25, -0.2) is 4.79 Å². The number of carbonyl (C=O) groups excluding carboxylic acids is 6. The molecule has 2 amide bonds. The standard InChI is InChI=1S/C15H17NO9/c17-9-1-2-10(18)15(9)24-13(21)5-7-23-8-6-14(22)25-16-11(19)3-4-12(16)20/h15H,1-8H2. The summed E-state index contributed by atoms with van der Waals surface area (Å²) >= 11 is 0. The second-order valence-electron chi connectivity index (χ2n) is 5.46. The van der Waals surface area contributed by atoms with Gasteiger partial charge in [0.25, 0.3) is 11.8 Å². The predicted octanol–water partition coefficient (Wildman–Crippen LogP) is -0.766. The van der Waals surface area contributed by atoms with E-state index in [2.05, 4.69) is 4.84 Å². The predicted molar refractivity (Wildman–Crippen MR) is 76.4 cm³/mol. The Kier molecular flexibility index (Phi) is 6.34. The van der Waals surface area contributed by atoms with Crippen molar-refractivity contribution in [3.8, 4) is 0 Å². The topological polar surface area (TPSA) is 133 Å². The van der Waals surface area contributed by atoms with Gasteiger partial charge in [-0.3, -0.25) is 24.0 Å². The Morgan fingerprint density at radius 2 is 1.36 bits per heavy atom. The van der Waals surface area contributed by atoms with Crippen LogP contribution in [0, 0.1) is 0 Å². The van der Waals surface area contributed by atoms with E-state index in [1.807, 2.05) is 0 Å². The number of hydrogen-bond donors (Lipinski definition) is 0. The second kappa shape index (κ2) is 8.47. The van der Waals surface area contributed by atoms with Gasteiger partial charge in [-0.05, 0) is 0 Å². The summed E-state index contributed by atoms with van der Waals surface area (Å²) in [5.74, 6) is -3.52. The van der Waals surface area contributed by atoms with Crippen molar-refractivity contribution in [1.82, 2.24) is 5.06 Å². The molecular weight excluding hydrogens is 338 g/mol. The quantitative estimate of drug-likeness (QED) is 0.238. The van der Waals surface area contributed by atoms with E-state index in [1.54, 1.807) is 0 Å². The molecule has 0 N–H and O–H groups in total. The molecule has 0 aromatic heterocycles. The molecule has 0 atom stereocenters. The molecule has 10 heteroatoms. The SMILES string of the molecule is O=C(CCOCCC(=O)ON1C(=O)CCC1=O)OC1C(=O)CCC1=O. The van der Waals surface area contributed by atoms with Crippen molar-refractivity contribution in [2.45, 2.75) is 44.6 Å². The molecule has 0 radical (unpaired) electrons. The van der Waals surface area contributed by atoms with Crippen LogP contribution in [-0.2, 0) is 43.1 Å². The molecule has 0 aromatic carbocycles. The first-order valence-electron chi connectivity index (χ1n) is 7.77. The Bertz CT molecular complexity index is 528. The van der Waals surface area contributed by atoms with E-state index in [9.17, 15) is 28.8 Å². The molecule has 1 saturated heterocycles. The van der Waals surface area contributed by atoms with Gasteiger partial charge < -0.3 is 14.3 Å². The van der Waals surface area contributed by atoms with E-state index in [4.69, 9.17) is 9.47 Å². The zero-order valence-electron chi connectivity index (χ0n) is 13.4. The van der Waals surface area contributed by atoms with Crippen LogP contribution in [0.3, 0.4) is 0 Å². The number of amides is 2. The molecule has 0 aromatic rings. The van der Waals surface area contributed by atoms with E-state index in [1.165, 1.54) is 0 Å². The van der Waals surface area contributed by atoms with Crippen LogP contribution in [0.2, 0.25) is 0 Å². The lowest BCUT2D eigenvalue weighted by atomic mass is 10.3. The molecule has 1 saturated carbocycles. The van der Waals surface area contributed by atoms with Gasteiger partial charge in [0.05, 0.1) is 26.1 Å². The Morgan fingerprint density at radius 1 is 0.840 bits per heavy atom. The molecule has 0 bridgehead atoms. The molecule has 0 spiro atoms. The second-order valence-corrected chi connectivity index (χ2v) is 5.46. The molecular formula is C15H17NO9. The van der Waals surface area contributed by atoms with Gasteiger partial charge in [-0.2, -0.15) is 0 Å². The van der Waals surface area contributed by atoms with Crippen molar-refractivity contribution in [1.29, 1.82) is 0 Å². The summed E-state index contributed by atoms with van der Waals surface area (Å²) in [7, 11) is 0. The van der Waals surface area contributed by atoms with Crippen LogP contribution in [0.5, 0.6) is 0 Å².